The zero-order valence-electron chi connectivity index (χ0n) is 36.8. The van der Waals surface area contributed by atoms with Crippen LogP contribution in [0.1, 0.15) is 114 Å². The summed E-state index contributed by atoms with van der Waals surface area (Å²) in [6, 6.07) is 20.5. The highest BCUT2D eigenvalue weighted by Gasteiger charge is 2.50. The number of aromatic nitrogens is 6. The van der Waals surface area contributed by atoms with Crippen LogP contribution in [0.5, 0.6) is 0 Å². The Labute approximate surface area is 372 Å². The number of pyridine rings is 2. The van der Waals surface area contributed by atoms with Crippen molar-refractivity contribution in [2.45, 2.75) is 127 Å². The Morgan fingerprint density at radius 1 is 0.672 bits per heavy atom. The van der Waals surface area contributed by atoms with Gasteiger partial charge in [0.2, 0.25) is 0 Å². The number of nitrogens with zero attached hydrogens (tertiary/aromatic N) is 6. The van der Waals surface area contributed by atoms with Gasteiger partial charge in [0.15, 0.2) is 0 Å². The Balaban J connectivity index is 0.000000143. The summed E-state index contributed by atoms with van der Waals surface area (Å²) in [5.74, 6) is 5.88. The maximum Gasteiger partial charge on any atom is 0.270 e. The van der Waals surface area contributed by atoms with Crippen molar-refractivity contribution in [3.05, 3.63) is 118 Å². The molecular formula is C52H52N8O4. The van der Waals surface area contributed by atoms with Crippen LogP contribution >= 0.6 is 0 Å². The van der Waals surface area contributed by atoms with E-state index in [0.29, 0.717) is 0 Å². The number of amides is 2. The van der Waals surface area contributed by atoms with Crippen LogP contribution in [0, 0.1) is 11.8 Å². The zero-order chi connectivity index (χ0) is 44.2. The highest BCUT2D eigenvalue weighted by molar-refractivity contribution is 5.99. The third-order valence-corrected chi connectivity index (χ3v) is 13.6. The summed E-state index contributed by atoms with van der Waals surface area (Å²) in [5.41, 5.74) is 14.1. The molecule has 12 rings (SSSR count). The van der Waals surface area contributed by atoms with Crippen LogP contribution in [-0.4, -0.2) is 73.8 Å². The number of hydrogen-bond donors (Lipinski definition) is 4. The van der Waals surface area contributed by atoms with Gasteiger partial charge >= 0.3 is 0 Å². The molecule has 2 amide bonds. The van der Waals surface area contributed by atoms with Crippen molar-refractivity contribution < 1.29 is 19.8 Å². The fourth-order valence-electron chi connectivity index (χ4n) is 9.65. The van der Waals surface area contributed by atoms with Gasteiger partial charge in [0, 0.05) is 51.3 Å². The maximum absolute atomic E-state index is 12.8. The maximum atomic E-state index is 12.8. The minimum atomic E-state index is -1.02. The molecule has 4 aromatic heterocycles. The molecule has 6 aromatic rings. The van der Waals surface area contributed by atoms with Crippen molar-refractivity contribution in [2.24, 2.45) is 0 Å². The lowest BCUT2D eigenvalue weighted by atomic mass is 9.88. The molecule has 2 spiro atoms. The molecule has 2 aliphatic heterocycles. The number of carbonyl (C=O) groups is 2. The van der Waals surface area contributed by atoms with Crippen LogP contribution in [0.25, 0.3) is 45.0 Å². The van der Waals surface area contributed by atoms with E-state index in [-0.39, 0.29) is 22.9 Å². The van der Waals surface area contributed by atoms with Crippen LogP contribution < -0.4 is 10.6 Å². The predicted molar refractivity (Wildman–Crippen MR) is 243 cm³/mol. The molecule has 12 nitrogen and oxygen atoms in total. The summed E-state index contributed by atoms with van der Waals surface area (Å²) in [6.45, 7) is 8.56. The predicted octanol–water partition coefficient (Wildman–Crippen LogP) is 6.80. The van der Waals surface area contributed by atoms with Gasteiger partial charge in [-0.05, 0) is 133 Å². The molecule has 4 aliphatic carbocycles. The van der Waals surface area contributed by atoms with Crippen molar-refractivity contribution in [3.63, 3.8) is 0 Å². The minimum absolute atomic E-state index is 0.0167. The average Bonchev–Trinajstić information content (AvgIpc) is 4.11. The topological polar surface area (TPSA) is 160 Å². The number of benzene rings is 2. The van der Waals surface area contributed by atoms with Gasteiger partial charge in [-0.1, -0.05) is 48.2 Å². The molecule has 2 saturated carbocycles. The highest BCUT2D eigenvalue weighted by atomic mass is 16.3. The summed E-state index contributed by atoms with van der Waals surface area (Å²) in [4.78, 5) is 35.0. The number of rotatable bonds is 5. The van der Waals surface area contributed by atoms with Gasteiger partial charge in [-0.2, -0.15) is 10.2 Å². The first-order valence-corrected chi connectivity index (χ1v) is 22.6. The molecule has 12 heteroatoms. The van der Waals surface area contributed by atoms with Crippen LogP contribution in [-0.2, 0) is 45.2 Å². The smallest absolute Gasteiger partial charge is 0.270 e. The Kier molecular flexibility index (Phi) is 9.18. The van der Waals surface area contributed by atoms with Crippen LogP contribution in [0.2, 0.25) is 0 Å². The summed E-state index contributed by atoms with van der Waals surface area (Å²) < 4.78 is 3.88. The summed E-state index contributed by atoms with van der Waals surface area (Å²) in [5, 5.41) is 36.0. The van der Waals surface area contributed by atoms with E-state index < -0.39 is 11.2 Å². The number of hydrogen-bond acceptors (Lipinski definition) is 8. The van der Waals surface area contributed by atoms with E-state index in [1.165, 1.54) is 16.7 Å². The third kappa shape index (κ3) is 7.60. The highest BCUT2D eigenvalue weighted by Crippen LogP contribution is 2.45. The summed E-state index contributed by atoms with van der Waals surface area (Å²) in [7, 11) is 0. The molecule has 0 saturated heterocycles. The second-order valence-corrected chi connectivity index (χ2v) is 20.0. The van der Waals surface area contributed by atoms with Crippen molar-refractivity contribution >= 4 is 11.8 Å². The van der Waals surface area contributed by atoms with E-state index in [1.54, 1.807) is 13.8 Å². The largest absolute Gasteiger partial charge is 0.390 e. The van der Waals surface area contributed by atoms with Gasteiger partial charge in [0.05, 0.1) is 52.5 Å². The van der Waals surface area contributed by atoms with Gasteiger partial charge < -0.3 is 20.8 Å². The first-order valence-electron chi connectivity index (χ1n) is 22.6. The summed E-state index contributed by atoms with van der Waals surface area (Å²) >= 11 is 0. The standard InChI is InChI=1S/C26H28N4O2.C26H24N4O2/c2*1-25(2,32)10-9-16-3-5-17(6-4-16)21-13-20-18(14-27-21)7-8-19-22(20)29-30-15-26(11-12-26)28-24(31)23(19)30/h3-6,13-14,32H,7-12,15H2,1-2H3,(H,28,31);3-6,13-14,32H,7-8,11-12,15H2,1-2H3,(H,28,31). The fraction of sp³-hybridized carbons (Fsp3) is 0.385. The van der Waals surface area contributed by atoms with Gasteiger partial charge in [-0.3, -0.25) is 28.9 Å². The van der Waals surface area contributed by atoms with Crippen molar-refractivity contribution in [3.8, 4) is 56.9 Å². The molecule has 4 N–H and O–H groups in total. The number of aryl methyl sites for hydroxylation is 3. The molecule has 324 valence electrons. The van der Waals surface area contributed by atoms with Crippen LogP contribution in [0.3, 0.4) is 0 Å². The van der Waals surface area contributed by atoms with Gasteiger partial charge in [-0.15, -0.1) is 0 Å². The van der Waals surface area contributed by atoms with Crippen molar-refractivity contribution in [2.75, 3.05) is 0 Å². The lowest BCUT2D eigenvalue weighted by molar-refractivity contribution is 0.0713. The first kappa shape index (κ1) is 40.4. The minimum Gasteiger partial charge on any atom is -0.390 e. The molecule has 2 aromatic carbocycles. The zero-order valence-corrected chi connectivity index (χ0v) is 36.8. The van der Waals surface area contributed by atoms with E-state index in [9.17, 15) is 19.8 Å². The molecule has 0 bridgehead atoms. The first-order chi connectivity index (χ1) is 30.6. The van der Waals surface area contributed by atoms with E-state index in [4.69, 9.17) is 20.2 Å². The number of fused-ring (bicyclic) bond motifs is 10. The molecule has 0 unspecified atom stereocenters. The van der Waals surface area contributed by atoms with Crippen LogP contribution in [0.4, 0.5) is 0 Å². The van der Waals surface area contributed by atoms with Gasteiger partial charge in [0.1, 0.15) is 17.0 Å². The van der Waals surface area contributed by atoms with Gasteiger partial charge in [0.25, 0.3) is 11.8 Å². The molecule has 6 aliphatic rings. The second-order valence-electron chi connectivity index (χ2n) is 20.0. The van der Waals surface area contributed by atoms with E-state index in [1.807, 2.05) is 59.9 Å². The van der Waals surface area contributed by atoms with E-state index >= 15 is 0 Å². The molecule has 64 heavy (non-hydrogen) atoms. The lowest BCUT2D eigenvalue weighted by Gasteiger charge is -2.24. The molecule has 0 radical (unpaired) electrons. The van der Waals surface area contributed by atoms with Crippen LogP contribution in [0.15, 0.2) is 73.1 Å². The fourth-order valence-corrected chi connectivity index (χ4v) is 9.65. The normalized spacial score (nSPS) is 17.8. The monoisotopic (exact) mass is 852 g/mol. The number of aliphatic hydroxyl groups is 2. The third-order valence-electron chi connectivity index (χ3n) is 13.6. The summed E-state index contributed by atoms with van der Waals surface area (Å²) in [6.07, 6.45) is 13.0. The Morgan fingerprint density at radius 3 is 1.58 bits per heavy atom. The Morgan fingerprint density at radius 2 is 1.14 bits per heavy atom. The Bertz CT molecular complexity index is 2960. The molecule has 0 atom stereocenters. The number of nitrogens with one attached hydrogen (secondary N) is 2. The average molecular weight is 853 g/mol. The molecular weight excluding hydrogens is 801 g/mol. The second kappa shape index (κ2) is 14.6. The lowest BCUT2D eigenvalue weighted by Crippen LogP contribution is -2.46. The van der Waals surface area contributed by atoms with Crippen molar-refractivity contribution in [1.82, 2.24) is 40.2 Å². The van der Waals surface area contributed by atoms with Crippen molar-refractivity contribution in [1.29, 1.82) is 0 Å². The van der Waals surface area contributed by atoms with E-state index in [0.717, 1.165) is 150 Å². The molecule has 2 fully saturated rings. The van der Waals surface area contributed by atoms with E-state index in [2.05, 4.69) is 58.9 Å². The number of carbonyl (C=O) groups excluding carboxylic acids is 2. The Hall–Kier alpha value is -6.42. The SMILES string of the molecule is CC(C)(O)C#Cc1ccc(-c2cc3c(cn2)CCc2c-3nn3c2C(=O)NC2(CC2)C3)cc1.CC(C)(O)CCc1ccc(-c2cc3c(cn2)CCc2c-3nn3c2C(=O)NC2(CC2)C3)cc1. The molecule has 6 heterocycles. The van der Waals surface area contributed by atoms with Gasteiger partial charge in [-0.25, -0.2) is 0 Å². The quantitative estimate of drug-likeness (QED) is 0.138.